The minimum atomic E-state index is -1.48. The number of aromatic nitrogens is 2. The molecule has 1 N–H and O–H groups in total. The maximum Gasteiger partial charge on any atom is 0.264 e. The van der Waals surface area contributed by atoms with E-state index in [-0.39, 0.29) is 29.7 Å². The van der Waals surface area contributed by atoms with E-state index < -0.39 is 22.7 Å². The summed E-state index contributed by atoms with van der Waals surface area (Å²) >= 11 is 3.56. The summed E-state index contributed by atoms with van der Waals surface area (Å²) in [4.78, 5) is 17.8. The molecule has 34 heavy (non-hydrogen) atoms. The van der Waals surface area contributed by atoms with Crippen molar-refractivity contribution in [2.45, 2.75) is 87.5 Å². The van der Waals surface area contributed by atoms with Crippen molar-refractivity contribution in [1.29, 1.82) is 0 Å². The Kier molecular flexibility index (Phi) is 4.35. The van der Waals surface area contributed by atoms with Gasteiger partial charge in [-0.1, -0.05) is 33.2 Å². The highest BCUT2D eigenvalue weighted by atomic mass is 79.9. The third-order valence-electron chi connectivity index (χ3n) is 9.86. The highest BCUT2D eigenvalue weighted by molar-refractivity contribution is 9.10. The lowest BCUT2D eigenvalue weighted by Gasteiger charge is -2.61. The van der Waals surface area contributed by atoms with E-state index in [0.717, 1.165) is 29.3 Å². The molecule has 7 aliphatic rings. The van der Waals surface area contributed by atoms with Gasteiger partial charge in [0.05, 0.1) is 6.04 Å². The standard InChI is InChI=1S/C26H28BrF2N3O2/c27-17-3-1-2-16(10-17)19(30-21(33)24-11-15(12-24)13-24)25-6-4-23(5-7-25,14-18(25)28)20-31-22(34-32-20)26(29)8-9-26/h1-3,10,15,18-19H,4-9,11-14H2,(H,30,33). The molecule has 180 valence electrons. The molecular weight excluding hydrogens is 504 g/mol. The summed E-state index contributed by atoms with van der Waals surface area (Å²) in [5.74, 6) is 1.29. The first-order valence-electron chi connectivity index (χ1n) is 12.5. The average Bonchev–Trinajstić information content (AvgIpc) is 3.29. The number of carbonyl (C=O) groups excluding carboxylic acids is 1. The molecule has 0 radical (unpaired) electrons. The Morgan fingerprint density at radius 3 is 2.44 bits per heavy atom. The van der Waals surface area contributed by atoms with Crippen LogP contribution in [0, 0.1) is 16.7 Å². The van der Waals surface area contributed by atoms with E-state index in [4.69, 9.17) is 4.52 Å². The topological polar surface area (TPSA) is 68.0 Å². The summed E-state index contributed by atoms with van der Waals surface area (Å²) in [6, 6.07) is 7.52. The van der Waals surface area contributed by atoms with Crippen molar-refractivity contribution in [3.8, 4) is 0 Å². The molecule has 2 unspecified atom stereocenters. The largest absolute Gasteiger partial charge is 0.348 e. The first kappa shape index (κ1) is 21.5. The first-order chi connectivity index (χ1) is 16.3. The van der Waals surface area contributed by atoms with Gasteiger partial charge in [-0.15, -0.1) is 0 Å². The van der Waals surface area contributed by atoms with E-state index >= 15 is 4.39 Å². The van der Waals surface area contributed by atoms with Crippen LogP contribution in [0.2, 0.25) is 0 Å². The van der Waals surface area contributed by atoms with E-state index in [2.05, 4.69) is 31.4 Å². The third-order valence-corrected chi connectivity index (χ3v) is 10.3. The van der Waals surface area contributed by atoms with Gasteiger partial charge < -0.3 is 9.84 Å². The van der Waals surface area contributed by atoms with Gasteiger partial charge in [-0.2, -0.15) is 4.98 Å². The van der Waals surface area contributed by atoms with Gasteiger partial charge in [-0.3, -0.25) is 4.79 Å². The van der Waals surface area contributed by atoms with Crippen LogP contribution in [0.1, 0.15) is 87.5 Å². The molecule has 1 aromatic heterocycles. The van der Waals surface area contributed by atoms with Crippen LogP contribution in [-0.2, 0) is 15.9 Å². The van der Waals surface area contributed by atoms with Gasteiger partial charge in [0.25, 0.3) is 5.89 Å². The summed E-state index contributed by atoms with van der Waals surface area (Å²) in [7, 11) is 0. The lowest BCUT2D eigenvalue weighted by molar-refractivity contribution is -0.169. The summed E-state index contributed by atoms with van der Waals surface area (Å²) < 4.78 is 36.9. The van der Waals surface area contributed by atoms with Crippen LogP contribution in [0.15, 0.2) is 33.3 Å². The zero-order valence-corrected chi connectivity index (χ0v) is 20.5. The van der Waals surface area contributed by atoms with Crippen molar-refractivity contribution in [2.75, 3.05) is 0 Å². The molecule has 1 aromatic carbocycles. The number of nitrogens with one attached hydrogen (secondary N) is 1. The molecule has 7 fully saturated rings. The predicted molar refractivity (Wildman–Crippen MR) is 123 cm³/mol. The van der Waals surface area contributed by atoms with Crippen molar-refractivity contribution >= 4 is 21.8 Å². The van der Waals surface area contributed by atoms with Crippen molar-refractivity contribution in [2.24, 2.45) is 16.7 Å². The Hall–Kier alpha value is -1.83. The molecule has 7 saturated carbocycles. The highest BCUT2D eigenvalue weighted by Gasteiger charge is 2.64. The van der Waals surface area contributed by atoms with Crippen LogP contribution in [0.5, 0.6) is 0 Å². The van der Waals surface area contributed by atoms with Crippen LogP contribution in [-0.4, -0.2) is 22.2 Å². The number of halogens is 3. The molecule has 8 heteroatoms. The van der Waals surface area contributed by atoms with Gasteiger partial charge in [0.1, 0.15) is 6.17 Å². The number of amides is 1. The predicted octanol–water partition coefficient (Wildman–Crippen LogP) is 5.99. The number of fused-ring (bicyclic) bond motifs is 3. The van der Waals surface area contributed by atoms with Crippen molar-refractivity contribution in [3.63, 3.8) is 0 Å². The third kappa shape index (κ3) is 2.89. The fourth-order valence-electron chi connectivity index (χ4n) is 7.27. The molecule has 7 aliphatic carbocycles. The molecule has 4 bridgehead atoms. The number of alkyl halides is 2. The molecule has 1 amide bonds. The normalized spacial score (nSPS) is 39.6. The maximum atomic E-state index is 16.3. The van der Waals surface area contributed by atoms with Gasteiger partial charge in [-0.05, 0) is 87.8 Å². The number of hydrogen-bond acceptors (Lipinski definition) is 4. The molecule has 9 rings (SSSR count). The molecule has 0 aliphatic heterocycles. The Labute approximate surface area is 205 Å². The number of rotatable bonds is 6. The molecule has 2 aromatic rings. The SMILES string of the molecule is O=C(NC(c1cccc(Br)c1)C12CCC(c3noc(C4(F)CC4)n3)(CC1)CC2F)C12CC(C1)C2. The number of benzene rings is 1. The number of nitrogens with zero attached hydrogens (tertiary/aromatic N) is 2. The monoisotopic (exact) mass is 531 g/mol. The Morgan fingerprint density at radius 1 is 1.12 bits per heavy atom. The van der Waals surface area contributed by atoms with Gasteiger partial charge in [-0.25, -0.2) is 8.78 Å². The first-order valence-corrected chi connectivity index (χ1v) is 13.3. The Balaban J connectivity index is 1.20. The fraction of sp³-hybridized carbons (Fsp3) is 0.654. The smallest absolute Gasteiger partial charge is 0.264 e. The lowest BCUT2D eigenvalue weighted by atomic mass is 9.44. The second-order valence-corrected chi connectivity index (χ2v) is 12.7. The molecule has 2 atom stereocenters. The van der Waals surface area contributed by atoms with E-state index in [1.54, 1.807) is 0 Å². The minimum Gasteiger partial charge on any atom is -0.348 e. The average molecular weight is 532 g/mol. The second-order valence-electron chi connectivity index (χ2n) is 11.8. The lowest BCUT2D eigenvalue weighted by Crippen LogP contribution is -2.63. The molecule has 5 nitrogen and oxygen atoms in total. The van der Waals surface area contributed by atoms with Gasteiger partial charge in [0.15, 0.2) is 11.5 Å². The quantitative estimate of drug-likeness (QED) is 0.497. The van der Waals surface area contributed by atoms with Gasteiger partial charge in [0.2, 0.25) is 5.91 Å². The molecule has 0 spiro atoms. The van der Waals surface area contributed by atoms with Gasteiger partial charge >= 0.3 is 0 Å². The van der Waals surface area contributed by atoms with Crippen molar-refractivity contribution < 1.29 is 18.1 Å². The summed E-state index contributed by atoms with van der Waals surface area (Å²) in [5.41, 5.74) is -1.96. The van der Waals surface area contributed by atoms with Crippen molar-refractivity contribution in [3.05, 3.63) is 46.0 Å². The highest BCUT2D eigenvalue weighted by Crippen LogP contribution is 2.66. The zero-order chi connectivity index (χ0) is 23.3. The molecule has 0 saturated heterocycles. The van der Waals surface area contributed by atoms with E-state index in [9.17, 15) is 9.18 Å². The van der Waals surface area contributed by atoms with Gasteiger partial charge in [0, 0.05) is 20.7 Å². The summed E-state index contributed by atoms with van der Waals surface area (Å²) in [6.45, 7) is 0. The fourth-order valence-corrected chi connectivity index (χ4v) is 7.69. The Bertz CT molecular complexity index is 1150. The van der Waals surface area contributed by atoms with E-state index in [0.29, 0.717) is 50.3 Å². The van der Waals surface area contributed by atoms with Crippen LogP contribution in [0.4, 0.5) is 8.78 Å². The Morgan fingerprint density at radius 2 is 1.85 bits per heavy atom. The molecule has 1 heterocycles. The second kappa shape index (κ2) is 6.89. The number of carbonyl (C=O) groups is 1. The summed E-state index contributed by atoms with van der Waals surface area (Å²) in [6.07, 6.45) is 5.52. The zero-order valence-electron chi connectivity index (χ0n) is 19.0. The minimum absolute atomic E-state index is 0.0486. The van der Waals surface area contributed by atoms with Crippen LogP contribution < -0.4 is 5.32 Å². The summed E-state index contributed by atoms with van der Waals surface area (Å²) in [5, 5.41) is 7.46. The van der Waals surface area contributed by atoms with Crippen LogP contribution >= 0.6 is 15.9 Å². The van der Waals surface area contributed by atoms with E-state index in [1.165, 1.54) is 0 Å². The maximum absolute atomic E-state index is 16.3. The van der Waals surface area contributed by atoms with Crippen LogP contribution in [0.25, 0.3) is 0 Å². The number of hydrogen-bond donors (Lipinski definition) is 1. The van der Waals surface area contributed by atoms with E-state index in [1.807, 2.05) is 24.3 Å². The van der Waals surface area contributed by atoms with Crippen LogP contribution in [0.3, 0.4) is 0 Å². The van der Waals surface area contributed by atoms with Crippen molar-refractivity contribution in [1.82, 2.24) is 15.5 Å². The molecular formula is C26H28BrF2N3O2.